The van der Waals surface area contributed by atoms with E-state index in [1.807, 2.05) is 11.3 Å². The molecule has 2 atom stereocenters. The van der Waals surface area contributed by atoms with Crippen molar-refractivity contribution in [3.8, 4) is 0 Å². The first kappa shape index (κ1) is 9.96. The van der Waals surface area contributed by atoms with Gasteiger partial charge in [-0.05, 0) is 0 Å². The summed E-state index contributed by atoms with van der Waals surface area (Å²) in [4.78, 5) is 0. The Morgan fingerprint density at radius 3 is 1.67 bits per heavy atom. The molecule has 0 aliphatic rings. The van der Waals surface area contributed by atoms with Gasteiger partial charge >= 0.3 is 110 Å². The molecule has 0 saturated carbocycles. The Balaban J connectivity index is 2.51. The van der Waals surface area contributed by atoms with Crippen LogP contribution in [0.2, 0.25) is 0 Å². The third kappa shape index (κ3) is 1.67. The summed E-state index contributed by atoms with van der Waals surface area (Å²) in [5.74, 6) is 0. The predicted molar refractivity (Wildman–Crippen MR) is 75.7 cm³/mol. The van der Waals surface area contributed by atoms with Gasteiger partial charge in [0, 0.05) is 0 Å². The van der Waals surface area contributed by atoms with Crippen LogP contribution >= 0.6 is 11.3 Å². The van der Waals surface area contributed by atoms with Crippen molar-refractivity contribution in [2.24, 2.45) is 0 Å². The van der Waals surface area contributed by atoms with Gasteiger partial charge in [-0.25, -0.2) is 0 Å². The summed E-state index contributed by atoms with van der Waals surface area (Å²) >= 11 is 5.30. The molecule has 3 heteroatoms. The maximum atomic E-state index is 2.31. The van der Waals surface area contributed by atoms with Gasteiger partial charge in [-0.2, -0.15) is 0 Å². The van der Waals surface area contributed by atoms with E-state index in [9.17, 15) is 0 Å². The summed E-state index contributed by atoms with van der Waals surface area (Å²) in [7, 11) is 0. The number of fused-ring (bicyclic) bond motifs is 3. The molecule has 0 saturated heterocycles. The van der Waals surface area contributed by atoms with Gasteiger partial charge in [-0.1, -0.05) is 0 Å². The predicted octanol–water partition coefficient (Wildman–Crippen LogP) is 0.571. The van der Waals surface area contributed by atoms with Crippen molar-refractivity contribution in [2.75, 3.05) is 0 Å². The van der Waals surface area contributed by atoms with Crippen LogP contribution in [0.1, 0.15) is 0 Å². The number of thiophene rings is 1. The van der Waals surface area contributed by atoms with Crippen molar-refractivity contribution < 1.29 is 0 Å². The van der Waals surface area contributed by atoms with E-state index >= 15 is 0 Å². The van der Waals surface area contributed by atoms with E-state index in [2.05, 4.69) is 36.4 Å². The Morgan fingerprint density at radius 1 is 0.733 bits per heavy atom. The fourth-order valence-corrected chi connectivity index (χ4v) is 4.62. The Bertz CT molecular complexity index is 599. The Morgan fingerprint density at radius 2 is 1.20 bits per heavy atom. The van der Waals surface area contributed by atoms with Crippen molar-refractivity contribution in [3.63, 3.8) is 0 Å². The summed E-state index contributed by atoms with van der Waals surface area (Å²) in [6, 6.07) is 13.6. The number of benzene rings is 2. The molecule has 0 fully saturated rings. The van der Waals surface area contributed by atoms with Gasteiger partial charge in [0.2, 0.25) is 0 Å². The van der Waals surface area contributed by atoms with Crippen LogP contribution in [0.15, 0.2) is 36.4 Å². The molecule has 0 amide bonds. The monoisotopic (exact) mass is 336 g/mol. The van der Waals surface area contributed by atoms with Crippen LogP contribution in [0.5, 0.6) is 0 Å². The molecule has 2 unspecified atom stereocenters. The van der Waals surface area contributed by atoms with E-state index in [1.165, 1.54) is 28.9 Å². The van der Waals surface area contributed by atoms with Crippen molar-refractivity contribution in [2.45, 2.75) is 0 Å². The standard InChI is InChI=1S/C12H10As2S/c13-7-1-3-9-10-4-2-8(14)6-12(10)15-11(9)5-7/h1-6H,13-14H2. The normalized spacial score (nSPS) is 11.3. The molecule has 0 aliphatic heterocycles. The third-order valence-electron chi connectivity index (χ3n) is 2.52. The molecular formula is C12H10As2S. The summed E-state index contributed by atoms with van der Waals surface area (Å²) in [6.07, 6.45) is 0. The van der Waals surface area contributed by atoms with Crippen molar-refractivity contribution >= 4 is 73.9 Å². The second kappa shape index (κ2) is 3.66. The average molecular weight is 336 g/mol. The molecule has 0 aliphatic carbocycles. The second-order valence-corrected chi connectivity index (χ2v) is 7.49. The van der Waals surface area contributed by atoms with Gasteiger partial charge < -0.3 is 0 Å². The zero-order valence-corrected chi connectivity index (χ0v) is 13.7. The van der Waals surface area contributed by atoms with Gasteiger partial charge in [0.1, 0.15) is 0 Å². The molecular weight excluding hydrogens is 326 g/mol. The van der Waals surface area contributed by atoms with E-state index < -0.39 is 0 Å². The molecule has 3 rings (SSSR count). The molecule has 3 aromatic rings. The molecule has 0 spiro atoms. The molecule has 0 bridgehead atoms. The zero-order valence-electron chi connectivity index (χ0n) is 8.03. The number of rotatable bonds is 0. The molecule has 74 valence electrons. The van der Waals surface area contributed by atoms with Gasteiger partial charge in [0.25, 0.3) is 0 Å². The van der Waals surface area contributed by atoms with Crippen molar-refractivity contribution in [3.05, 3.63) is 36.4 Å². The third-order valence-corrected chi connectivity index (χ3v) is 5.14. The quantitative estimate of drug-likeness (QED) is 0.527. The average Bonchev–Trinajstić information content (AvgIpc) is 2.53. The minimum atomic E-state index is 1.41. The van der Waals surface area contributed by atoms with Gasteiger partial charge in [-0.3, -0.25) is 0 Å². The van der Waals surface area contributed by atoms with Gasteiger partial charge in [0.05, 0.1) is 0 Å². The molecule has 15 heavy (non-hydrogen) atoms. The van der Waals surface area contributed by atoms with Gasteiger partial charge in [0.15, 0.2) is 0 Å². The van der Waals surface area contributed by atoms with Crippen LogP contribution in [0, 0.1) is 0 Å². The fraction of sp³-hybridized carbons (Fsp3) is 0. The zero-order chi connectivity index (χ0) is 10.4. The molecule has 0 N–H and O–H groups in total. The Kier molecular flexibility index (Phi) is 2.43. The first-order valence-corrected chi connectivity index (χ1v) is 7.95. The van der Waals surface area contributed by atoms with E-state index in [0.717, 1.165) is 0 Å². The van der Waals surface area contributed by atoms with Crippen LogP contribution in [-0.4, -0.2) is 33.7 Å². The van der Waals surface area contributed by atoms with E-state index in [1.54, 1.807) is 33.7 Å². The van der Waals surface area contributed by atoms with Crippen LogP contribution in [-0.2, 0) is 0 Å². The van der Waals surface area contributed by atoms with E-state index in [-0.39, 0.29) is 0 Å². The first-order valence-electron chi connectivity index (χ1n) is 4.71. The van der Waals surface area contributed by atoms with Crippen LogP contribution in [0.3, 0.4) is 0 Å². The topological polar surface area (TPSA) is 0 Å². The molecule has 1 heterocycles. The Hall–Kier alpha value is -0.223. The van der Waals surface area contributed by atoms with Crippen LogP contribution < -0.4 is 8.70 Å². The molecule has 1 aromatic heterocycles. The maximum absolute atomic E-state index is 2.31. The number of hydrogen-bond donors (Lipinski definition) is 0. The van der Waals surface area contributed by atoms with Crippen molar-refractivity contribution in [1.29, 1.82) is 0 Å². The summed E-state index contributed by atoms with van der Waals surface area (Å²) < 4.78 is 5.65. The molecule has 0 nitrogen and oxygen atoms in total. The number of hydrogen-bond acceptors (Lipinski definition) is 1. The second-order valence-electron chi connectivity index (χ2n) is 3.61. The van der Waals surface area contributed by atoms with Crippen LogP contribution in [0.25, 0.3) is 20.2 Å². The minimum absolute atomic E-state index is 1.41. The SMILES string of the molecule is [AsH2]c1ccc2c(c1)sc1cc([AsH2])ccc12. The Labute approximate surface area is 110 Å². The van der Waals surface area contributed by atoms with Crippen molar-refractivity contribution in [1.82, 2.24) is 0 Å². The summed E-state index contributed by atoms with van der Waals surface area (Å²) in [5.41, 5.74) is 0. The van der Waals surface area contributed by atoms with E-state index in [4.69, 9.17) is 0 Å². The van der Waals surface area contributed by atoms with Gasteiger partial charge in [-0.15, -0.1) is 0 Å². The molecule has 2 aromatic carbocycles. The summed E-state index contributed by atoms with van der Waals surface area (Å²) in [6.45, 7) is 0. The van der Waals surface area contributed by atoms with E-state index in [0.29, 0.717) is 0 Å². The summed E-state index contributed by atoms with van der Waals surface area (Å²) in [5, 5.41) is 2.81. The fourth-order valence-electron chi connectivity index (χ4n) is 1.81. The molecule has 0 radical (unpaired) electrons. The first-order chi connectivity index (χ1) is 7.24. The van der Waals surface area contributed by atoms with Crippen LogP contribution in [0.4, 0.5) is 0 Å².